The number of aromatic nitrogens is 1. The number of nitrogens with two attached hydrogens (primary N) is 1. The van der Waals surface area contributed by atoms with Crippen molar-refractivity contribution in [3.8, 4) is 0 Å². The van der Waals surface area contributed by atoms with Crippen LogP contribution in [-0.2, 0) is 0 Å². The van der Waals surface area contributed by atoms with Crippen molar-refractivity contribution in [2.24, 2.45) is 5.92 Å². The van der Waals surface area contributed by atoms with Crippen LogP contribution < -0.4 is 11.1 Å². The number of nitrogens with one attached hydrogen (secondary N) is 1. The number of carbonyl (C=O) groups is 1. The van der Waals surface area contributed by atoms with Crippen LogP contribution >= 0.6 is 11.3 Å². The van der Waals surface area contributed by atoms with Crippen LogP contribution in [0.5, 0.6) is 0 Å². The van der Waals surface area contributed by atoms with Crippen LogP contribution in [0.1, 0.15) is 40.2 Å². The number of nitrogen functional groups attached to an aromatic ring is 1. The number of pyridine rings is 1. The standard InChI is InChI=1S/C15H19N3OS/c1-8-6-9(2)18-15-11(8)12(16)13(20-15)14(19)17-7-10-4-3-5-10/h6,10H,3-5,7,16H2,1-2H3,(H,17,19). The maximum atomic E-state index is 12.3. The Labute approximate surface area is 122 Å². The minimum absolute atomic E-state index is 0.0607. The van der Waals surface area contributed by atoms with Crippen molar-refractivity contribution < 1.29 is 4.79 Å². The molecule has 4 nitrogen and oxygen atoms in total. The van der Waals surface area contributed by atoms with Crippen LogP contribution in [0, 0.1) is 19.8 Å². The molecule has 2 aromatic rings. The van der Waals surface area contributed by atoms with Crippen molar-refractivity contribution in [2.45, 2.75) is 33.1 Å². The molecule has 1 saturated carbocycles. The third-order valence-corrected chi connectivity index (χ3v) is 5.10. The molecule has 0 aromatic carbocycles. The number of rotatable bonds is 3. The van der Waals surface area contributed by atoms with E-state index in [0.717, 1.165) is 28.0 Å². The van der Waals surface area contributed by atoms with E-state index in [9.17, 15) is 4.79 Å². The van der Waals surface area contributed by atoms with Crippen LogP contribution in [0.4, 0.5) is 5.69 Å². The number of anilines is 1. The molecule has 0 spiro atoms. The maximum absolute atomic E-state index is 12.3. The molecule has 1 aliphatic carbocycles. The van der Waals surface area contributed by atoms with Gasteiger partial charge in [-0.2, -0.15) is 0 Å². The summed E-state index contributed by atoms with van der Waals surface area (Å²) in [6, 6.07) is 2.00. The molecule has 3 rings (SSSR count). The van der Waals surface area contributed by atoms with Crippen LogP contribution in [0.15, 0.2) is 6.07 Å². The zero-order valence-corrected chi connectivity index (χ0v) is 12.6. The predicted molar refractivity (Wildman–Crippen MR) is 83.2 cm³/mol. The fourth-order valence-corrected chi connectivity index (χ4v) is 3.78. The number of fused-ring (bicyclic) bond motifs is 1. The van der Waals surface area contributed by atoms with Gasteiger partial charge in [-0.3, -0.25) is 4.79 Å². The SMILES string of the molecule is Cc1cc(C)c2c(N)c(C(=O)NCC3CCC3)sc2n1. The van der Waals surface area contributed by atoms with Gasteiger partial charge in [-0.05, 0) is 44.2 Å². The van der Waals surface area contributed by atoms with Crippen LogP contribution in [0.2, 0.25) is 0 Å². The van der Waals surface area contributed by atoms with Crippen molar-refractivity contribution in [2.75, 3.05) is 12.3 Å². The Balaban J connectivity index is 1.88. The van der Waals surface area contributed by atoms with Crippen molar-refractivity contribution in [3.63, 3.8) is 0 Å². The lowest BCUT2D eigenvalue weighted by molar-refractivity contribution is 0.0944. The summed E-state index contributed by atoms with van der Waals surface area (Å²) in [6.45, 7) is 4.73. The quantitative estimate of drug-likeness (QED) is 0.912. The van der Waals surface area contributed by atoms with E-state index in [1.165, 1.54) is 30.6 Å². The minimum atomic E-state index is -0.0607. The first kappa shape index (κ1) is 13.4. The van der Waals surface area contributed by atoms with Crippen LogP contribution in [-0.4, -0.2) is 17.4 Å². The summed E-state index contributed by atoms with van der Waals surface area (Å²) in [5.41, 5.74) is 8.76. The summed E-state index contributed by atoms with van der Waals surface area (Å²) in [5, 5.41) is 3.93. The number of amides is 1. The smallest absolute Gasteiger partial charge is 0.263 e. The molecule has 0 unspecified atom stereocenters. The average Bonchev–Trinajstić information content (AvgIpc) is 2.64. The second-order valence-corrected chi connectivity index (χ2v) is 6.61. The van der Waals surface area contributed by atoms with Gasteiger partial charge >= 0.3 is 0 Å². The predicted octanol–water partition coefficient (Wildman–Crippen LogP) is 3.03. The molecule has 0 radical (unpaired) electrons. The number of hydrogen-bond donors (Lipinski definition) is 2. The van der Waals surface area contributed by atoms with Gasteiger partial charge in [-0.15, -0.1) is 11.3 Å². The molecule has 1 aliphatic rings. The third-order valence-electron chi connectivity index (χ3n) is 4.01. The molecule has 0 aliphatic heterocycles. The van der Waals surface area contributed by atoms with Crippen molar-refractivity contribution >= 4 is 33.1 Å². The highest BCUT2D eigenvalue weighted by atomic mass is 32.1. The first-order valence-corrected chi connectivity index (χ1v) is 7.82. The lowest BCUT2D eigenvalue weighted by Gasteiger charge is -2.25. The van der Waals surface area contributed by atoms with Gasteiger partial charge in [-0.1, -0.05) is 6.42 Å². The minimum Gasteiger partial charge on any atom is -0.397 e. The van der Waals surface area contributed by atoms with Gasteiger partial charge < -0.3 is 11.1 Å². The van der Waals surface area contributed by atoms with Gasteiger partial charge in [0.05, 0.1) is 5.69 Å². The summed E-state index contributed by atoms with van der Waals surface area (Å²) < 4.78 is 0. The molecule has 0 saturated heterocycles. The highest BCUT2D eigenvalue weighted by Gasteiger charge is 2.21. The lowest BCUT2D eigenvalue weighted by atomic mass is 9.85. The number of thiophene rings is 1. The van der Waals surface area contributed by atoms with E-state index in [1.807, 2.05) is 19.9 Å². The average molecular weight is 289 g/mol. The van der Waals surface area contributed by atoms with Gasteiger partial charge in [0, 0.05) is 17.6 Å². The van der Waals surface area contributed by atoms with E-state index in [4.69, 9.17) is 5.73 Å². The molecule has 2 aromatic heterocycles. The first-order chi connectivity index (χ1) is 9.56. The second kappa shape index (κ2) is 5.05. The van der Waals surface area contributed by atoms with Crippen molar-refractivity contribution in [1.29, 1.82) is 0 Å². The normalized spacial score (nSPS) is 15.3. The first-order valence-electron chi connectivity index (χ1n) is 7.00. The van der Waals surface area contributed by atoms with Gasteiger partial charge in [0.2, 0.25) is 0 Å². The number of nitrogens with zero attached hydrogens (tertiary/aromatic N) is 1. The van der Waals surface area contributed by atoms with Gasteiger partial charge in [0.25, 0.3) is 5.91 Å². The molecular weight excluding hydrogens is 270 g/mol. The van der Waals surface area contributed by atoms with E-state index >= 15 is 0 Å². The summed E-state index contributed by atoms with van der Waals surface area (Å²) in [5.74, 6) is 0.589. The molecule has 0 bridgehead atoms. The highest BCUT2D eigenvalue weighted by Crippen LogP contribution is 2.35. The van der Waals surface area contributed by atoms with E-state index in [1.54, 1.807) is 0 Å². The molecule has 1 amide bonds. The van der Waals surface area contributed by atoms with E-state index in [-0.39, 0.29) is 5.91 Å². The molecule has 5 heteroatoms. The number of carbonyl (C=O) groups excluding carboxylic acids is 1. The topological polar surface area (TPSA) is 68.0 Å². The lowest BCUT2D eigenvalue weighted by Crippen LogP contribution is -2.32. The van der Waals surface area contributed by atoms with Gasteiger partial charge in [0.1, 0.15) is 9.71 Å². The molecular formula is C15H19N3OS. The molecule has 2 heterocycles. The summed E-state index contributed by atoms with van der Waals surface area (Å²) in [6.07, 6.45) is 3.73. The van der Waals surface area contributed by atoms with Crippen LogP contribution in [0.25, 0.3) is 10.2 Å². The molecule has 0 atom stereocenters. The second-order valence-electron chi connectivity index (χ2n) is 5.61. The largest absolute Gasteiger partial charge is 0.397 e. The highest BCUT2D eigenvalue weighted by molar-refractivity contribution is 7.21. The summed E-state index contributed by atoms with van der Waals surface area (Å²) in [4.78, 5) is 18.2. The van der Waals surface area contributed by atoms with Gasteiger partial charge in [-0.25, -0.2) is 4.98 Å². The number of hydrogen-bond acceptors (Lipinski definition) is 4. The Morgan fingerprint density at radius 1 is 1.50 bits per heavy atom. The van der Waals surface area contributed by atoms with Gasteiger partial charge in [0.15, 0.2) is 0 Å². The molecule has 1 fully saturated rings. The van der Waals surface area contributed by atoms with Crippen molar-refractivity contribution in [1.82, 2.24) is 10.3 Å². The third kappa shape index (κ3) is 2.26. The van der Waals surface area contributed by atoms with E-state index in [2.05, 4.69) is 10.3 Å². The Kier molecular flexibility index (Phi) is 3.38. The number of aryl methyl sites for hydroxylation is 2. The zero-order valence-electron chi connectivity index (χ0n) is 11.8. The molecule has 20 heavy (non-hydrogen) atoms. The Morgan fingerprint density at radius 2 is 2.25 bits per heavy atom. The van der Waals surface area contributed by atoms with E-state index in [0.29, 0.717) is 16.5 Å². The Morgan fingerprint density at radius 3 is 2.90 bits per heavy atom. The Hall–Kier alpha value is -1.62. The summed E-state index contributed by atoms with van der Waals surface area (Å²) >= 11 is 1.39. The van der Waals surface area contributed by atoms with Crippen LogP contribution in [0.3, 0.4) is 0 Å². The fourth-order valence-electron chi connectivity index (χ4n) is 2.65. The monoisotopic (exact) mass is 289 g/mol. The molecule has 106 valence electrons. The molecule has 3 N–H and O–H groups in total. The zero-order chi connectivity index (χ0) is 14.3. The van der Waals surface area contributed by atoms with E-state index < -0.39 is 0 Å². The van der Waals surface area contributed by atoms with Crippen molar-refractivity contribution in [3.05, 3.63) is 22.2 Å². The summed E-state index contributed by atoms with van der Waals surface area (Å²) in [7, 11) is 0. The fraction of sp³-hybridized carbons (Fsp3) is 0.467. The maximum Gasteiger partial charge on any atom is 0.263 e. The Bertz CT molecular complexity index is 673.